The lowest BCUT2D eigenvalue weighted by Gasteiger charge is -2.11. The summed E-state index contributed by atoms with van der Waals surface area (Å²) in [6, 6.07) is 14.2. The van der Waals surface area contributed by atoms with Crippen molar-refractivity contribution in [3.8, 4) is 5.75 Å². The molecule has 0 spiro atoms. The molecule has 1 aromatic heterocycles. The van der Waals surface area contributed by atoms with Crippen molar-refractivity contribution in [3.05, 3.63) is 53.9 Å². The molecule has 1 heterocycles. The summed E-state index contributed by atoms with van der Waals surface area (Å²) >= 11 is 5.97. The molecule has 100 valence electrons. The molecule has 0 aliphatic heterocycles. The highest BCUT2D eigenvalue weighted by Gasteiger charge is 2.10. The lowest BCUT2D eigenvalue weighted by Crippen LogP contribution is -1.99. The molecule has 3 rings (SSSR count). The minimum absolute atomic E-state index is 0.283. The first-order valence-corrected chi connectivity index (χ1v) is 6.46. The number of ether oxygens (including phenoxy) is 1. The summed E-state index contributed by atoms with van der Waals surface area (Å²) in [5, 5.41) is 5.81. The average molecular weight is 286 g/mol. The zero-order valence-electron chi connectivity index (χ0n) is 10.8. The zero-order valence-corrected chi connectivity index (χ0v) is 11.6. The predicted molar refractivity (Wildman–Crippen MR) is 80.8 cm³/mol. The van der Waals surface area contributed by atoms with Gasteiger partial charge in [-0.25, -0.2) is 9.97 Å². The molecule has 0 atom stereocenters. The summed E-state index contributed by atoms with van der Waals surface area (Å²) in [7, 11) is 1.54. The Morgan fingerprint density at radius 2 is 1.85 bits per heavy atom. The van der Waals surface area contributed by atoms with Crippen molar-refractivity contribution in [2.75, 3.05) is 12.4 Å². The lowest BCUT2D eigenvalue weighted by molar-refractivity contribution is 0.413. The number of halogens is 1. The van der Waals surface area contributed by atoms with Gasteiger partial charge in [-0.05, 0) is 22.9 Å². The first kappa shape index (κ1) is 12.7. The van der Waals surface area contributed by atoms with Crippen LogP contribution in [0.25, 0.3) is 10.8 Å². The molecule has 0 saturated heterocycles. The molecule has 1 N–H and O–H groups in total. The van der Waals surface area contributed by atoms with Crippen LogP contribution in [-0.2, 0) is 0 Å². The van der Waals surface area contributed by atoms with Gasteiger partial charge in [-0.3, -0.25) is 0 Å². The van der Waals surface area contributed by atoms with Gasteiger partial charge in [-0.2, -0.15) is 0 Å². The van der Waals surface area contributed by atoms with Crippen LogP contribution in [0.15, 0.2) is 48.8 Å². The molecular weight excluding hydrogens is 274 g/mol. The zero-order chi connectivity index (χ0) is 13.9. The number of nitrogens with one attached hydrogen (secondary N) is 1. The Morgan fingerprint density at radius 3 is 2.65 bits per heavy atom. The largest absolute Gasteiger partial charge is 0.490 e. The van der Waals surface area contributed by atoms with Crippen molar-refractivity contribution in [2.24, 2.45) is 0 Å². The molecule has 20 heavy (non-hydrogen) atoms. The highest BCUT2D eigenvalue weighted by atomic mass is 35.5. The Morgan fingerprint density at radius 1 is 1.05 bits per heavy atom. The van der Waals surface area contributed by atoms with Crippen LogP contribution >= 0.6 is 11.6 Å². The minimum Gasteiger partial charge on any atom is -0.490 e. The van der Waals surface area contributed by atoms with Crippen molar-refractivity contribution < 1.29 is 4.74 Å². The number of anilines is 2. The van der Waals surface area contributed by atoms with Gasteiger partial charge in [0.1, 0.15) is 6.33 Å². The van der Waals surface area contributed by atoms with E-state index in [0.29, 0.717) is 11.6 Å². The number of nitrogens with zero attached hydrogens (tertiary/aromatic N) is 2. The molecule has 0 saturated carbocycles. The van der Waals surface area contributed by atoms with E-state index in [1.165, 1.54) is 18.8 Å². The Kier molecular flexibility index (Phi) is 3.39. The SMILES string of the molecule is COc1c(Cl)ncnc1Nc1ccc2ccccc2c1. The first-order chi connectivity index (χ1) is 9.78. The second-order valence-electron chi connectivity index (χ2n) is 4.23. The van der Waals surface area contributed by atoms with Gasteiger partial charge in [0.15, 0.2) is 16.7 Å². The van der Waals surface area contributed by atoms with Crippen molar-refractivity contribution >= 4 is 33.9 Å². The van der Waals surface area contributed by atoms with E-state index in [0.717, 1.165) is 11.1 Å². The van der Waals surface area contributed by atoms with E-state index in [-0.39, 0.29) is 5.15 Å². The van der Waals surface area contributed by atoms with E-state index in [1.54, 1.807) is 0 Å². The van der Waals surface area contributed by atoms with Crippen LogP contribution in [0.5, 0.6) is 5.75 Å². The molecule has 0 aliphatic carbocycles. The van der Waals surface area contributed by atoms with Crippen LogP contribution in [0.4, 0.5) is 11.5 Å². The third-order valence-corrected chi connectivity index (χ3v) is 3.25. The van der Waals surface area contributed by atoms with Gasteiger partial charge in [0, 0.05) is 5.69 Å². The number of hydrogen-bond donors (Lipinski definition) is 1. The molecular formula is C15H12ClN3O. The molecule has 4 nitrogen and oxygen atoms in total. The van der Waals surface area contributed by atoms with E-state index in [4.69, 9.17) is 16.3 Å². The first-order valence-electron chi connectivity index (χ1n) is 6.08. The fourth-order valence-electron chi connectivity index (χ4n) is 2.03. The summed E-state index contributed by atoms with van der Waals surface area (Å²) in [6.07, 6.45) is 1.40. The summed E-state index contributed by atoms with van der Waals surface area (Å²) in [6.45, 7) is 0. The Hall–Kier alpha value is -2.33. The molecule has 3 aromatic rings. The number of benzene rings is 2. The van der Waals surface area contributed by atoms with E-state index >= 15 is 0 Å². The van der Waals surface area contributed by atoms with Gasteiger partial charge in [-0.1, -0.05) is 41.9 Å². The molecule has 5 heteroatoms. The number of methoxy groups -OCH3 is 1. The highest BCUT2D eigenvalue weighted by Crippen LogP contribution is 2.31. The topological polar surface area (TPSA) is 47.0 Å². The maximum atomic E-state index is 5.97. The van der Waals surface area contributed by atoms with E-state index in [2.05, 4.69) is 27.4 Å². The lowest BCUT2D eigenvalue weighted by atomic mass is 10.1. The van der Waals surface area contributed by atoms with Gasteiger partial charge in [-0.15, -0.1) is 0 Å². The average Bonchev–Trinajstić information content (AvgIpc) is 2.47. The quantitative estimate of drug-likeness (QED) is 0.738. The third kappa shape index (κ3) is 2.38. The van der Waals surface area contributed by atoms with Crippen LogP contribution in [0.1, 0.15) is 0 Å². The van der Waals surface area contributed by atoms with Crippen LogP contribution < -0.4 is 10.1 Å². The molecule has 0 bridgehead atoms. The van der Waals surface area contributed by atoms with Gasteiger partial charge < -0.3 is 10.1 Å². The Bertz CT molecular complexity index is 761. The van der Waals surface area contributed by atoms with E-state index < -0.39 is 0 Å². The number of hydrogen-bond acceptors (Lipinski definition) is 4. The Balaban J connectivity index is 1.99. The van der Waals surface area contributed by atoms with Gasteiger partial charge in [0.25, 0.3) is 0 Å². The summed E-state index contributed by atoms with van der Waals surface area (Å²) in [5.74, 6) is 0.977. The second-order valence-corrected chi connectivity index (χ2v) is 4.59. The molecule has 0 radical (unpaired) electrons. The molecule has 2 aromatic carbocycles. The monoisotopic (exact) mass is 285 g/mol. The summed E-state index contributed by atoms with van der Waals surface area (Å²) in [5.41, 5.74) is 0.914. The minimum atomic E-state index is 0.283. The van der Waals surface area contributed by atoms with Gasteiger partial charge in [0.05, 0.1) is 7.11 Å². The van der Waals surface area contributed by atoms with Crippen molar-refractivity contribution in [2.45, 2.75) is 0 Å². The maximum Gasteiger partial charge on any atom is 0.199 e. The molecule has 0 unspecified atom stereocenters. The van der Waals surface area contributed by atoms with Crippen LogP contribution in [0.3, 0.4) is 0 Å². The van der Waals surface area contributed by atoms with Crippen LogP contribution in [-0.4, -0.2) is 17.1 Å². The highest BCUT2D eigenvalue weighted by molar-refractivity contribution is 6.31. The summed E-state index contributed by atoms with van der Waals surface area (Å²) in [4.78, 5) is 8.05. The number of rotatable bonds is 3. The second kappa shape index (κ2) is 5.35. The smallest absolute Gasteiger partial charge is 0.199 e. The van der Waals surface area contributed by atoms with Crippen molar-refractivity contribution in [1.82, 2.24) is 9.97 Å². The Labute approximate surface area is 121 Å². The molecule has 0 amide bonds. The van der Waals surface area contributed by atoms with Gasteiger partial charge in [0.2, 0.25) is 0 Å². The van der Waals surface area contributed by atoms with Gasteiger partial charge >= 0.3 is 0 Å². The molecule has 0 aliphatic rings. The number of fused-ring (bicyclic) bond motifs is 1. The maximum absolute atomic E-state index is 5.97. The fraction of sp³-hybridized carbons (Fsp3) is 0.0667. The standard InChI is InChI=1S/C15H12ClN3O/c1-20-13-14(16)17-9-18-15(13)19-12-7-6-10-4-2-3-5-11(10)8-12/h2-9H,1H3,(H,17,18,19). The molecule has 0 fully saturated rings. The fourth-order valence-corrected chi connectivity index (χ4v) is 2.24. The van der Waals surface area contributed by atoms with Crippen LogP contribution in [0.2, 0.25) is 5.15 Å². The normalized spacial score (nSPS) is 10.5. The summed E-state index contributed by atoms with van der Waals surface area (Å²) < 4.78 is 5.22. The third-order valence-electron chi connectivity index (χ3n) is 2.98. The van der Waals surface area contributed by atoms with Crippen molar-refractivity contribution in [1.29, 1.82) is 0 Å². The predicted octanol–water partition coefficient (Wildman–Crippen LogP) is 4.04. The number of aromatic nitrogens is 2. The van der Waals surface area contributed by atoms with E-state index in [9.17, 15) is 0 Å². The van der Waals surface area contributed by atoms with Crippen LogP contribution in [0, 0.1) is 0 Å². The van der Waals surface area contributed by atoms with Crippen molar-refractivity contribution in [3.63, 3.8) is 0 Å². The van der Waals surface area contributed by atoms with E-state index in [1.807, 2.05) is 30.3 Å².